The molecular weight excluding hydrogens is 163 g/mol. The van der Waals surface area contributed by atoms with E-state index in [1.165, 1.54) is 0 Å². The Balaban J connectivity index is 0. The van der Waals surface area contributed by atoms with Crippen molar-refractivity contribution >= 4 is 17.4 Å². The van der Waals surface area contributed by atoms with Crippen molar-refractivity contribution in [2.75, 3.05) is 0 Å². The van der Waals surface area contributed by atoms with Gasteiger partial charge in [0, 0.05) is 0 Å². The van der Waals surface area contributed by atoms with E-state index in [0.29, 0.717) is 0 Å². The quantitative estimate of drug-likeness (QED) is 0.423. The molecule has 0 saturated heterocycles. The summed E-state index contributed by atoms with van der Waals surface area (Å²) < 4.78 is 0. The molecule has 0 aromatic heterocycles. The molecule has 7 heavy (non-hydrogen) atoms. The van der Waals surface area contributed by atoms with Gasteiger partial charge >= 0.3 is 28.2 Å². The van der Waals surface area contributed by atoms with Crippen molar-refractivity contribution in [1.82, 2.24) is 0 Å². The average Bonchev–Trinajstić information content (AvgIpc) is 1.33. The fourth-order valence-electron chi connectivity index (χ4n) is 0. The number of aliphatic hydroxyl groups is 1. The maximum absolute atomic E-state index is 7.56. The fraction of sp³-hybridized carbons (Fsp3) is 0.667. The minimum absolute atomic E-state index is 0.125. The topological polar surface area (TPSA) is 46.2 Å². The molecule has 2 nitrogen and oxygen atoms in total. The van der Waals surface area contributed by atoms with Crippen LogP contribution in [0.5, 0.6) is 0 Å². The van der Waals surface area contributed by atoms with Gasteiger partial charge in [-0.15, -0.1) is 0 Å². The maximum atomic E-state index is 7.56. The zero-order chi connectivity index (χ0) is 6.28. The summed E-state index contributed by atoms with van der Waals surface area (Å²) in [4.78, 5) is 0. The van der Waals surface area contributed by atoms with Crippen molar-refractivity contribution in [1.29, 1.82) is 0 Å². The fourth-order valence-corrected chi connectivity index (χ4v) is 0. The van der Waals surface area contributed by atoms with Crippen LogP contribution >= 0.6 is 12.2 Å². The van der Waals surface area contributed by atoms with E-state index in [2.05, 4.69) is 29.0 Å². The number of hydrogen-bond acceptors (Lipinski definition) is 1. The van der Waals surface area contributed by atoms with Crippen LogP contribution < -0.4 is 5.73 Å². The van der Waals surface area contributed by atoms with E-state index >= 15 is 0 Å². The molecule has 0 aliphatic rings. The molecule has 0 rings (SSSR count). The summed E-state index contributed by atoms with van der Waals surface area (Å²) in [5.41, 5.74) is 9.02. The first kappa shape index (κ1) is 10.3. The molecule has 0 heterocycles. The normalized spacial score (nSPS) is 4.86. The number of rotatable bonds is 0. The predicted molar refractivity (Wildman–Crippen MR) is 31.1 cm³/mol. The van der Waals surface area contributed by atoms with E-state index in [1.54, 1.807) is 0 Å². The van der Waals surface area contributed by atoms with E-state index in [9.17, 15) is 0 Å². The van der Waals surface area contributed by atoms with Crippen LogP contribution in [0.1, 0.15) is 0 Å². The Hall–Kier alpha value is 0.313. The number of aliphatic hydroxyl groups excluding tert-OH is 1. The third-order valence-corrected chi connectivity index (χ3v) is 0. The van der Waals surface area contributed by atoms with Crippen molar-refractivity contribution in [2.24, 2.45) is 5.73 Å². The van der Waals surface area contributed by atoms with Gasteiger partial charge in [0.05, 0.1) is 0 Å². The third-order valence-electron chi connectivity index (χ3n) is 0. The zero-order valence-corrected chi connectivity index (χ0v) is 8.42. The monoisotopic (exact) mass is 171 g/mol. The molecule has 0 aliphatic heterocycles. The van der Waals surface area contributed by atoms with E-state index in [1.807, 2.05) is 0 Å². The number of hydrogen-bond donors (Lipinski definition) is 2. The summed E-state index contributed by atoms with van der Waals surface area (Å²) in [6, 6.07) is 0. The number of nitrogens with two attached hydrogens (primary N) is 1. The van der Waals surface area contributed by atoms with E-state index in [-0.39, 0.29) is 17.1 Å². The molecule has 3 N–H and O–H groups in total. The first-order valence-electron chi connectivity index (χ1n) is 2.13. The van der Waals surface area contributed by atoms with E-state index in [0.717, 1.165) is 0 Å². The molecule has 0 radical (unpaired) electrons. The van der Waals surface area contributed by atoms with Crippen molar-refractivity contribution in [3.63, 3.8) is 0 Å². The van der Waals surface area contributed by atoms with Crippen LogP contribution in [-0.2, 0) is 17.1 Å². The Morgan fingerprint density at radius 1 is 1.71 bits per heavy atom. The van der Waals surface area contributed by atoms with Crippen LogP contribution in [0.4, 0.5) is 0 Å². The Labute approximate surface area is 56.7 Å². The summed E-state index contributed by atoms with van der Waals surface area (Å²) in [7, 11) is 0. The van der Waals surface area contributed by atoms with Gasteiger partial charge in [-0.25, -0.2) is 0 Å². The van der Waals surface area contributed by atoms with Crippen molar-refractivity contribution in [2.45, 2.75) is 11.0 Å². The van der Waals surface area contributed by atoms with Crippen molar-refractivity contribution in [3.8, 4) is 0 Å². The second-order valence-electron chi connectivity index (χ2n) is 1.05. The van der Waals surface area contributed by atoms with Gasteiger partial charge in [0.2, 0.25) is 0 Å². The molecule has 0 amide bonds. The molecule has 0 aliphatic carbocycles. The molecule has 0 saturated carbocycles. The Morgan fingerprint density at radius 3 is 1.71 bits per heavy atom. The first-order valence-corrected chi connectivity index (χ1v) is 8.47. The van der Waals surface area contributed by atoms with Gasteiger partial charge in [-0.3, -0.25) is 0 Å². The predicted octanol–water partition coefficient (Wildman–Crippen LogP) is 0.953. The Kier molecular flexibility index (Phi) is 14.1. The van der Waals surface area contributed by atoms with Gasteiger partial charge in [0.25, 0.3) is 5.17 Å². The van der Waals surface area contributed by atoms with E-state index < -0.39 is 5.17 Å². The minimum atomic E-state index is -0.500. The summed E-state index contributed by atoms with van der Waals surface area (Å²) in [5.74, 6) is 0. The van der Waals surface area contributed by atoms with Gasteiger partial charge in [-0.05, 0) is 12.2 Å². The summed E-state index contributed by atoms with van der Waals surface area (Å²) >= 11 is 4.00. The van der Waals surface area contributed by atoms with Crippen LogP contribution in [0.3, 0.4) is 0 Å². The van der Waals surface area contributed by atoms with Crippen molar-refractivity contribution < 1.29 is 22.2 Å². The first-order chi connectivity index (χ1) is 3.15. The average molecular weight is 173 g/mol. The van der Waals surface area contributed by atoms with Crippen LogP contribution in [0, 0.1) is 0 Å². The molecule has 0 unspecified atom stereocenters. The van der Waals surface area contributed by atoms with Gasteiger partial charge in [-0.1, -0.05) is 0 Å². The second-order valence-corrected chi connectivity index (χ2v) is 4.43. The van der Waals surface area contributed by atoms with Crippen LogP contribution in [0.15, 0.2) is 0 Å². The molecule has 0 spiro atoms. The number of thiocarbonyl (C=S) groups is 1. The molecule has 0 fully saturated rings. The standard InChI is InChI=1S/CH3NOS.2CH3.Zn/c2-1(3)4;;;/h(H3,2,3,4);2*1H3;. The summed E-state index contributed by atoms with van der Waals surface area (Å²) in [6.07, 6.45) is 0. The molecule has 4 heteroatoms. The second kappa shape index (κ2) is 9.58. The summed E-state index contributed by atoms with van der Waals surface area (Å²) in [5, 5.41) is 7.06. The molecule has 0 bridgehead atoms. The van der Waals surface area contributed by atoms with Gasteiger partial charge < -0.3 is 10.8 Å². The SMILES string of the molecule is NC(O)=S.[CH3][Zn][CH3]. The molecular formula is C3H9NOSZn. The van der Waals surface area contributed by atoms with Crippen LogP contribution in [-0.4, -0.2) is 10.3 Å². The van der Waals surface area contributed by atoms with E-state index in [4.69, 9.17) is 5.11 Å². The Bertz CT molecular complexity index is 46.2. The van der Waals surface area contributed by atoms with Crippen molar-refractivity contribution in [3.05, 3.63) is 0 Å². The molecule has 0 aromatic carbocycles. The molecule has 0 aromatic rings. The zero-order valence-electron chi connectivity index (χ0n) is 4.64. The molecule has 40 valence electrons. The van der Waals surface area contributed by atoms with Gasteiger partial charge in [0.15, 0.2) is 0 Å². The Morgan fingerprint density at radius 2 is 1.71 bits per heavy atom. The van der Waals surface area contributed by atoms with Crippen LogP contribution in [0.2, 0.25) is 11.0 Å². The van der Waals surface area contributed by atoms with Gasteiger partial charge in [-0.2, -0.15) is 0 Å². The third kappa shape index (κ3) is 1200. The van der Waals surface area contributed by atoms with Gasteiger partial charge in [0.1, 0.15) is 0 Å². The summed E-state index contributed by atoms with van der Waals surface area (Å²) in [6.45, 7) is 0. The van der Waals surface area contributed by atoms with Crippen LogP contribution in [0.25, 0.3) is 0 Å². The molecule has 0 atom stereocenters.